The van der Waals surface area contributed by atoms with Crippen molar-refractivity contribution in [3.8, 4) is 11.5 Å². The molecule has 2 rings (SSSR count). The highest BCUT2D eigenvalue weighted by Crippen LogP contribution is 2.34. The van der Waals surface area contributed by atoms with E-state index in [1.807, 2.05) is 32.9 Å². The average Bonchev–Trinajstić information content (AvgIpc) is 2.75. The summed E-state index contributed by atoms with van der Waals surface area (Å²) < 4.78 is 16.8. The molecule has 0 spiro atoms. The zero-order valence-electron chi connectivity index (χ0n) is 19.6. The van der Waals surface area contributed by atoms with Gasteiger partial charge in [0.25, 0.3) is 0 Å². The fourth-order valence-corrected chi connectivity index (χ4v) is 3.69. The molecule has 0 radical (unpaired) electrons. The monoisotopic (exact) mass is 581 g/mol. The van der Waals surface area contributed by atoms with Crippen LogP contribution in [0.1, 0.15) is 37.0 Å². The number of ether oxygens (including phenoxy) is 3. The van der Waals surface area contributed by atoms with E-state index in [0.717, 1.165) is 11.1 Å². The molecule has 0 saturated carbocycles. The van der Waals surface area contributed by atoms with E-state index in [2.05, 4.69) is 38.4 Å². The molecule has 0 unspecified atom stereocenters. The topological polar surface area (TPSA) is 115 Å². The number of benzene rings is 2. The Labute approximate surface area is 212 Å². The van der Waals surface area contributed by atoms with Crippen LogP contribution in [0.15, 0.2) is 35.4 Å². The molecule has 2 aromatic carbocycles. The molecular formula is C24H28IN3O6. The highest BCUT2D eigenvalue weighted by Gasteiger charge is 2.14. The number of nitrogens with zero attached hydrogens (tertiary/aromatic N) is 1. The van der Waals surface area contributed by atoms with E-state index in [0.29, 0.717) is 32.9 Å². The smallest absolute Gasteiger partial charge is 0.344 e. The van der Waals surface area contributed by atoms with Crippen LogP contribution in [0, 0.1) is 17.4 Å². The van der Waals surface area contributed by atoms with Crippen molar-refractivity contribution < 1.29 is 28.6 Å². The maximum atomic E-state index is 12.2. The molecule has 0 aliphatic heterocycles. The number of hydrazone groups is 1. The SMILES string of the molecule is CCOC(=O)COc1c(I)cc(C=NNC(=O)CC(=O)Nc2ccc(C)cc2C)cc1OCC. The summed E-state index contributed by atoms with van der Waals surface area (Å²) in [5.41, 5.74) is 5.65. The zero-order valence-corrected chi connectivity index (χ0v) is 21.7. The second-order valence-corrected chi connectivity index (χ2v) is 8.36. The first-order chi connectivity index (χ1) is 16.2. The van der Waals surface area contributed by atoms with Gasteiger partial charge in [0.1, 0.15) is 6.42 Å². The van der Waals surface area contributed by atoms with Crippen molar-refractivity contribution in [3.05, 3.63) is 50.6 Å². The number of rotatable bonds is 11. The van der Waals surface area contributed by atoms with E-state index in [1.54, 1.807) is 25.1 Å². The second-order valence-electron chi connectivity index (χ2n) is 7.19. The van der Waals surface area contributed by atoms with Gasteiger partial charge >= 0.3 is 5.97 Å². The lowest BCUT2D eigenvalue weighted by Crippen LogP contribution is -2.24. The predicted molar refractivity (Wildman–Crippen MR) is 137 cm³/mol. The molecule has 34 heavy (non-hydrogen) atoms. The first-order valence-electron chi connectivity index (χ1n) is 10.7. The highest BCUT2D eigenvalue weighted by molar-refractivity contribution is 14.1. The van der Waals surface area contributed by atoms with Crippen molar-refractivity contribution >= 4 is 52.3 Å². The molecule has 0 fully saturated rings. The third kappa shape index (κ3) is 8.65. The number of hydrogen-bond donors (Lipinski definition) is 2. The molecular weight excluding hydrogens is 553 g/mol. The normalized spacial score (nSPS) is 10.6. The Morgan fingerprint density at radius 2 is 1.79 bits per heavy atom. The Morgan fingerprint density at radius 3 is 2.47 bits per heavy atom. The van der Waals surface area contributed by atoms with Crippen LogP contribution >= 0.6 is 22.6 Å². The highest BCUT2D eigenvalue weighted by atomic mass is 127. The van der Waals surface area contributed by atoms with E-state index < -0.39 is 17.8 Å². The van der Waals surface area contributed by atoms with Crippen LogP contribution in [-0.2, 0) is 19.1 Å². The largest absolute Gasteiger partial charge is 0.490 e. The average molecular weight is 581 g/mol. The number of carbonyl (C=O) groups is 3. The minimum atomic E-state index is -0.548. The Bertz CT molecular complexity index is 1070. The molecule has 2 N–H and O–H groups in total. The molecule has 182 valence electrons. The fraction of sp³-hybridized carbons (Fsp3) is 0.333. The Hall–Kier alpha value is -3.15. The number of aryl methyl sites for hydroxylation is 2. The molecule has 0 aromatic heterocycles. The van der Waals surface area contributed by atoms with Gasteiger partial charge in [-0.1, -0.05) is 17.7 Å². The third-order valence-corrected chi connectivity index (χ3v) is 5.15. The van der Waals surface area contributed by atoms with E-state index in [9.17, 15) is 14.4 Å². The van der Waals surface area contributed by atoms with Crippen molar-refractivity contribution in [2.45, 2.75) is 34.1 Å². The first kappa shape index (κ1) is 27.1. The molecule has 0 atom stereocenters. The quantitative estimate of drug-likeness (QED) is 0.138. The molecule has 2 amide bonds. The van der Waals surface area contributed by atoms with Crippen LogP contribution < -0.4 is 20.2 Å². The first-order valence-corrected chi connectivity index (χ1v) is 11.7. The lowest BCUT2D eigenvalue weighted by atomic mass is 10.1. The molecule has 10 heteroatoms. The van der Waals surface area contributed by atoms with E-state index in [1.165, 1.54) is 6.21 Å². The number of carbonyl (C=O) groups excluding carboxylic acids is 3. The molecule has 9 nitrogen and oxygen atoms in total. The van der Waals surface area contributed by atoms with Gasteiger partial charge in [-0.3, -0.25) is 9.59 Å². The van der Waals surface area contributed by atoms with Gasteiger partial charge in [-0.25, -0.2) is 10.2 Å². The van der Waals surface area contributed by atoms with Crippen LogP contribution in [0.3, 0.4) is 0 Å². The number of anilines is 1. The minimum Gasteiger partial charge on any atom is -0.490 e. The van der Waals surface area contributed by atoms with Gasteiger partial charge in [-0.2, -0.15) is 5.10 Å². The summed E-state index contributed by atoms with van der Waals surface area (Å²) in [5, 5.41) is 6.65. The van der Waals surface area contributed by atoms with Crippen molar-refractivity contribution in [2.24, 2.45) is 5.10 Å². The third-order valence-electron chi connectivity index (χ3n) is 4.35. The second kappa shape index (κ2) is 13.5. The van der Waals surface area contributed by atoms with Crippen molar-refractivity contribution in [3.63, 3.8) is 0 Å². The molecule has 0 bridgehead atoms. The number of halogens is 1. The van der Waals surface area contributed by atoms with Crippen LogP contribution in [0.4, 0.5) is 5.69 Å². The van der Waals surface area contributed by atoms with Gasteiger partial charge in [0.2, 0.25) is 11.8 Å². The fourth-order valence-electron chi connectivity index (χ4n) is 2.91. The maximum Gasteiger partial charge on any atom is 0.344 e. The molecule has 0 aliphatic carbocycles. The number of hydrogen-bond acceptors (Lipinski definition) is 7. The molecule has 2 aromatic rings. The lowest BCUT2D eigenvalue weighted by molar-refractivity contribution is -0.145. The van der Waals surface area contributed by atoms with Crippen molar-refractivity contribution in [2.75, 3.05) is 25.1 Å². The molecule has 0 aliphatic rings. The van der Waals surface area contributed by atoms with Crippen molar-refractivity contribution in [1.29, 1.82) is 0 Å². The standard InChI is InChI=1S/C24H28IN3O6/c1-5-32-20-11-17(10-18(25)24(20)34-14-23(31)33-6-2)13-26-28-22(30)12-21(29)27-19-8-7-15(3)9-16(19)4/h7-11,13H,5-6,12,14H2,1-4H3,(H,27,29)(H,28,30). The zero-order chi connectivity index (χ0) is 25.1. The molecule has 0 saturated heterocycles. The van der Waals surface area contributed by atoms with E-state index >= 15 is 0 Å². The predicted octanol–water partition coefficient (Wildman–Crippen LogP) is 3.73. The van der Waals surface area contributed by atoms with E-state index in [-0.39, 0.29) is 19.6 Å². The van der Waals surface area contributed by atoms with Gasteiger partial charge in [-0.05, 0) is 79.6 Å². The van der Waals surface area contributed by atoms with Crippen LogP contribution in [0.2, 0.25) is 0 Å². The summed E-state index contributed by atoms with van der Waals surface area (Å²) in [6.07, 6.45) is 1.06. The van der Waals surface area contributed by atoms with Crippen LogP contribution in [-0.4, -0.2) is 43.8 Å². The van der Waals surface area contributed by atoms with Gasteiger partial charge in [0.15, 0.2) is 18.1 Å². The Morgan fingerprint density at radius 1 is 1.03 bits per heavy atom. The summed E-state index contributed by atoms with van der Waals surface area (Å²) in [6, 6.07) is 9.07. The Balaban J connectivity index is 1.97. The van der Waals surface area contributed by atoms with E-state index in [4.69, 9.17) is 14.2 Å². The lowest BCUT2D eigenvalue weighted by Gasteiger charge is -2.14. The van der Waals surface area contributed by atoms with Gasteiger partial charge in [0, 0.05) is 5.69 Å². The van der Waals surface area contributed by atoms with Crippen molar-refractivity contribution in [1.82, 2.24) is 5.43 Å². The van der Waals surface area contributed by atoms with Crippen LogP contribution in [0.25, 0.3) is 0 Å². The summed E-state index contributed by atoms with van der Waals surface area (Å²) in [6.45, 7) is 7.82. The summed E-state index contributed by atoms with van der Waals surface area (Å²) >= 11 is 2.06. The Kier molecular flexibility index (Phi) is 10.8. The number of amides is 2. The van der Waals surface area contributed by atoms with Gasteiger partial charge in [-0.15, -0.1) is 0 Å². The summed E-state index contributed by atoms with van der Waals surface area (Å²) in [5.74, 6) is -0.613. The number of esters is 1. The number of nitrogens with one attached hydrogen (secondary N) is 2. The molecule has 0 heterocycles. The maximum absolute atomic E-state index is 12.2. The summed E-state index contributed by atoms with van der Waals surface area (Å²) in [4.78, 5) is 35.8. The summed E-state index contributed by atoms with van der Waals surface area (Å²) in [7, 11) is 0. The van der Waals surface area contributed by atoms with Gasteiger partial charge in [0.05, 0.1) is 23.0 Å². The van der Waals surface area contributed by atoms with Gasteiger partial charge < -0.3 is 19.5 Å². The van der Waals surface area contributed by atoms with Crippen LogP contribution in [0.5, 0.6) is 11.5 Å². The minimum absolute atomic E-state index is 0.239.